The lowest BCUT2D eigenvalue weighted by atomic mass is 10.0. The third kappa shape index (κ3) is 4.91. The van der Waals surface area contributed by atoms with Gasteiger partial charge in [-0.3, -0.25) is 9.35 Å². The Morgan fingerprint density at radius 1 is 0.867 bits per heavy atom. The summed E-state index contributed by atoms with van der Waals surface area (Å²) >= 11 is 0. The van der Waals surface area contributed by atoms with E-state index in [0.29, 0.717) is 11.1 Å². The van der Waals surface area contributed by atoms with Crippen LogP contribution in [0.15, 0.2) is 83.8 Å². The summed E-state index contributed by atoms with van der Waals surface area (Å²) < 4.78 is 36.2. The number of rotatable bonds is 6. The largest absolute Gasteiger partial charge is 0.467 e. The molecule has 0 aromatic heterocycles. The average Bonchev–Trinajstić information content (AvgIpc) is 2.77. The minimum absolute atomic E-state index is 0.197. The zero-order chi connectivity index (χ0) is 21.7. The molecule has 8 heteroatoms. The monoisotopic (exact) mass is 425 g/mol. The fourth-order valence-electron chi connectivity index (χ4n) is 2.89. The van der Waals surface area contributed by atoms with Crippen LogP contribution in [-0.4, -0.2) is 32.0 Å². The van der Waals surface area contributed by atoms with Crippen molar-refractivity contribution in [3.8, 4) is 11.1 Å². The van der Waals surface area contributed by atoms with Crippen LogP contribution in [0.3, 0.4) is 0 Å². The highest BCUT2D eigenvalue weighted by molar-refractivity contribution is 7.85. The van der Waals surface area contributed by atoms with Crippen LogP contribution in [-0.2, 0) is 19.6 Å². The minimum Gasteiger partial charge on any atom is -0.467 e. The van der Waals surface area contributed by atoms with Gasteiger partial charge in [-0.25, -0.2) is 4.79 Å². The van der Waals surface area contributed by atoms with Gasteiger partial charge in [-0.05, 0) is 41.0 Å². The van der Waals surface area contributed by atoms with Crippen molar-refractivity contribution in [2.45, 2.75) is 10.9 Å². The number of carbonyl (C=O) groups excluding carboxylic acids is 2. The molecule has 0 spiro atoms. The van der Waals surface area contributed by atoms with E-state index in [0.717, 1.165) is 11.1 Å². The number of hydrogen-bond donors (Lipinski definition) is 2. The first-order valence-electron chi connectivity index (χ1n) is 8.91. The summed E-state index contributed by atoms with van der Waals surface area (Å²) in [6, 6.07) is 20.1. The second-order valence-electron chi connectivity index (χ2n) is 6.42. The average molecular weight is 425 g/mol. The number of hydrogen-bond acceptors (Lipinski definition) is 5. The summed E-state index contributed by atoms with van der Waals surface area (Å²) in [6.45, 7) is 0. The second-order valence-corrected chi connectivity index (χ2v) is 7.84. The van der Waals surface area contributed by atoms with Crippen LogP contribution >= 0.6 is 0 Å². The molecule has 2 N–H and O–H groups in total. The van der Waals surface area contributed by atoms with Crippen molar-refractivity contribution in [3.63, 3.8) is 0 Å². The summed E-state index contributed by atoms with van der Waals surface area (Å²) in [4.78, 5) is 24.5. The third-order valence-electron chi connectivity index (χ3n) is 4.48. The van der Waals surface area contributed by atoms with Crippen molar-refractivity contribution in [2.24, 2.45) is 0 Å². The fourth-order valence-corrected chi connectivity index (χ4v) is 3.37. The van der Waals surface area contributed by atoms with Crippen LogP contribution in [0.2, 0.25) is 0 Å². The lowest BCUT2D eigenvalue weighted by molar-refractivity contribution is -0.143. The van der Waals surface area contributed by atoms with Gasteiger partial charge in [-0.1, -0.05) is 54.6 Å². The normalized spacial score (nSPS) is 12.1. The number of amides is 1. The molecule has 30 heavy (non-hydrogen) atoms. The number of nitrogens with one attached hydrogen (secondary N) is 1. The topological polar surface area (TPSA) is 110 Å². The second kappa shape index (κ2) is 8.89. The minimum atomic E-state index is -4.26. The van der Waals surface area contributed by atoms with Gasteiger partial charge >= 0.3 is 5.97 Å². The van der Waals surface area contributed by atoms with Gasteiger partial charge in [-0.2, -0.15) is 8.42 Å². The molecule has 7 nitrogen and oxygen atoms in total. The number of carbonyl (C=O) groups is 2. The van der Waals surface area contributed by atoms with E-state index < -0.39 is 28.0 Å². The van der Waals surface area contributed by atoms with Crippen LogP contribution in [0.25, 0.3) is 11.1 Å². The molecule has 3 rings (SSSR count). The fraction of sp³-hybridized carbons (Fsp3) is 0.0909. The van der Waals surface area contributed by atoms with Crippen LogP contribution in [0.5, 0.6) is 0 Å². The Bertz CT molecular complexity index is 1140. The Morgan fingerprint density at radius 3 is 1.90 bits per heavy atom. The van der Waals surface area contributed by atoms with Crippen LogP contribution in [0.1, 0.15) is 22.0 Å². The van der Waals surface area contributed by atoms with E-state index in [1.165, 1.54) is 19.2 Å². The van der Waals surface area contributed by atoms with E-state index in [9.17, 15) is 18.0 Å². The quantitative estimate of drug-likeness (QED) is 0.463. The van der Waals surface area contributed by atoms with E-state index in [-0.39, 0.29) is 4.90 Å². The SMILES string of the molecule is COC(=O)C(NC(=O)c1ccccc1)c1ccc(-c2ccc(S(=O)(=O)O)cc2)cc1. The zero-order valence-corrected chi connectivity index (χ0v) is 16.8. The smallest absolute Gasteiger partial charge is 0.333 e. The Labute approximate surface area is 174 Å². The molecule has 1 amide bonds. The molecule has 0 saturated carbocycles. The van der Waals surface area contributed by atoms with Crippen molar-refractivity contribution in [3.05, 3.63) is 90.0 Å². The van der Waals surface area contributed by atoms with E-state index in [1.54, 1.807) is 66.7 Å². The molecule has 0 aliphatic rings. The Hall–Kier alpha value is -3.49. The van der Waals surface area contributed by atoms with E-state index in [2.05, 4.69) is 5.32 Å². The van der Waals surface area contributed by atoms with Crippen molar-refractivity contribution >= 4 is 22.0 Å². The number of ether oxygens (including phenoxy) is 1. The molecule has 0 saturated heterocycles. The predicted octanol–water partition coefficient (Wildman–Crippen LogP) is 3.24. The van der Waals surface area contributed by atoms with Gasteiger partial charge in [0.15, 0.2) is 6.04 Å². The number of esters is 1. The molecule has 154 valence electrons. The Balaban J connectivity index is 1.84. The highest BCUT2D eigenvalue weighted by Gasteiger charge is 2.24. The summed E-state index contributed by atoms with van der Waals surface area (Å²) in [7, 11) is -3.01. The summed E-state index contributed by atoms with van der Waals surface area (Å²) in [6.07, 6.45) is 0. The number of methoxy groups -OCH3 is 1. The van der Waals surface area contributed by atoms with Crippen molar-refractivity contribution in [1.82, 2.24) is 5.32 Å². The molecule has 1 unspecified atom stereocenters. The molecule has 0 aliphatic heterocycles. The third-order valence-corrected chi connectivity index (χ3v) is 5.35. The molecular formula is C22H19NO6S. The molecule has 3 aromatic carbocycles. The molecule has 0 radical (unpaired) electrons. The molecule has 0 bridgehead atoms. The van der Waals surface area contributed by atoms with Crippen molar-refractivity contribution in [1.29, 1.82) is 0 Å². The standard InChI is InChI=1S/C22H19NO6S/c1-29-22(25)20(23-21(24)18-5-3-2-4-6-18)17-9-7-15(8-10-17)16-11-13-19(14-12-16)30(26,27)28/h2-14,20H,1H3,(H,23,24)(H,26,27,28). The Kier molecular flexibility index (Phi) is 6.29. The maximum Gasteiger partial charge on any atom is 0.333 e. The lowest BCUT2D eigenvalue weighted by Gasteiger charge is -2.17. The molecule has 1 atom stereocenters. The highest BCUT2D eigenvalue weighted by Crippen LogP contribution is 2.24. The summed E-state index contributed by atoms with van der Waals surface area (Å²) in [5, 5.41) is 2.68. The van der Waals surface area contributed by atoms with Crippen molar-refractivity contribution in [2.75, 3.05) is 7.11 Å². The number of benzene rings is 3. The van der Waals surface area contributed by atoms with Gasteiger partial charge in [0, 0.05) is 5.56 Å². The van der Waals surface area contributed by atoms with Gasteiger partial charge in [0.25, 0.3) is 16.0 Å². The maximum absolute atomic E-state index is 12.5. The Morgan fingerprint density at radius 2 is 1.40 bits per heavy atom. The predicted molar refractivity (Wildman–Crippen MR) is 110 cm³/mol. The molecule has 3 aromatic rings. The molecule has 0 heterocycles. The van der Waals surface area contributed by atoms with Gasteiger partial charge in [0.1, 0.15) is 0 Å². The zero-order valence-electron chi connectivity index (χ0n) is 16.0. The van der Waals surface area contributed by atoms with Crippen LogP contribution in [0.4, 0.5) is 0 Å². The van der Waals surface area contributed by atoms with Crippen LogP contribution in [0, 0.1) is 0 Å². The molecule has 0 fully saturated rings. The lowest BCUT2D eigenvalue weighted by Crippen LogP contribution is -2.34. The molecular weight excluding hydrogens is 406 g/mol. The van der Waals surface area contributed by atoms with E-state index >= 15 is 0 Å². The van der Waals surface area contributed by atoms with E-state index in [1.807, 2.05) is 0 Å². The van der Waals surface area contributed by atoms with Gasteiger partial charge in [0.05, 0.1) is 12.0 Å². The van der Waals surface area contributed by atoms with Gasteiger partial charge in [-0.15, -0.1) is 0 Å². The van der Waals surface area contributed by atoms with Crippen LogP contribution < -0.4 is 5.32 Å². The first-order chi connectivity index (χ1) is 14.3. The first kappa shape index (κ1) is 21.2. The molecule has 0 aliphatic carbocycles. The first-order valence-corrected chi connectivity index (χ1v) is 10.4. The van der Waals surface area contributed by atoms with Crippen molar-refractivity contribution < 1.29 is 27.3 Å². The summed E-state index contributed by atoms with van der Waals surface area (Å²) in [5.74, 6) is -1.01. The summed E-state index contributed by atoms with van der Waals surface area (Å²) in [5.41, 5.74) is 2.43. The highest BCUT2D eigenvalue weighted by atomic mass is 32.2. The van der Waals surface area contributed by atoms with Gasteiger partial charge in [0.2, 0.25) is 0 Å². The maximum atomic E-state index is 12.5. The van der Waals surface area contributed by atoms with Gasteiger partial charge < -0.3 is 10.1 Å². The van der Waals surface area contributed by atoms with E-state index in [4.69, 9.17) is 9.29 Å².